The molecule has 0 aliphatic carbocycles. The summed E-state index contributed by atoms with van der Waals surface area (Å²) < 4.78 is 19.8. The molecule has 0 spiro atoms. The second-order valence-corrected chi connectivity index (χ2v) is 8.14. The first kappa shape index (κ1) is 25.2. The van der Waals surface area contributed by atoms with Crippen molar-refractivity contribution in [3.63, 3.8) is 0 Å². The van der Waals surface area contributed by atoms with Crippen molar-refractivity contribution >= 4 is 23.8 Å². The third-order valence-electron chi connectivity index (χ3n) is 5.14. The molecule has 0 fully saturated rings. The summed E-state index contributed by atoms with van der Waals surface area (Å²) in [4.78, 5) is 38.7. The maximum atomic E-state index is 13.8. The van der Waals surface area contributed by atoms with E-state index < -0.39 is 17.3 Å². The van der Waals surface area contributed by atoms with Gasteiger partial charge >= 0.3 is 0 Å². The number of nitrogens with one attached hydrogen (secondary N) is 1. The van der Waals surface area contributed by atoms with E-state index >= 15 is 0 Å². The van der Waals surface area contributed by atoms with Crippen LogP contribution in [0.5, 0.6) is 0 Å². The van der Waals surface area contributed by atoms with Gasteiger partial charge in [-0.15, -0.1) is 0 Å². The molecular formula is C23H31FN4O4. The van der Waals surface area contributed by atoms with Crippen molar-refractivity contribution < 1.29 is 23.5 Å². The van der Waals surface area contributed by atoms with E-state index in [1.807, 2.05) is 20.8 Å². The fourth-order valence-corrected chi connectivity index (χ4v) is 3.34. The number of fused-ring (bicyclic) bond motifs is 1. The third-order valence-corrected chi connectivity index (χ3v) is 5.14. The van der Waals surface area contributed by atoms with Crippen LogP contribution in [0.1, 0.15) is 55.1 Å². The molecule has 2 aromatic rings. The molecule has 1 aliphatic heterocycles. The predicted octanol–water partition coefficient (Wildman–Crippen LogP) is 3.07. The van der Waals surface area contributed by atoms with Gasteiger partial charge in [0, 0.05) is 25.9 Å². The van der Waals surface area contributed by atoms with Crippen LogP contribution in [-0.2, 0) is 16.1 Å². The molecule has 0 bridgehead atoms. The molecule has 32 heavy (non-hydrogen) atoms. The Bertz CT molecular complexity index is 957. The van der Waals surface area contributed by atoms with Crippen molar-refractivity contribution in [2.24, 2.45) is 5.92 Å². The molecule has 8 nitrogen and oxygen atoms in total. The fraction of sp³-hybridized carbons (Fsp3) is 0.478. The van der Waals surface area contributed by atoms with Gasteiger partial charge in [-0.2, -0.15) is 5.10 Å². The molecule has 2 amide bonds. The van der Waals surface area contributed by atoms with E-state index in [0.717, 1.165) is 13.0 Å². The van der Waals surface area contributed by atoms with Gasteiger partial charge in [-0.25, -0.2) is 4.39 Å². The lowest BCUT2D eigenvalue weighted by molar-refractivity contribution is -0.126. The topological polar surface area (TPSA) is 93.5 Å². The summed E-state index contributed by atoms with van der Waals surface area (Å²) in [6, 6.07) is 6.92. The summed E-state index contributed by atoms with van der Waals surface area (Å²) in [5.74, 6) is -0.979. The Labute approximate surface area is 187 Å². The van der Waals surface area contributed by atoms with Crippen LogP contribution in [0.25, 0.3) is 0 Å². The van der Waals surface area contributed by atoms with Crippen molar-refractivity contribution in [1.29, 1.82) is 0 Å². The number of aromatic nitrogens is 2. The minimum Gasteiger partial charge on any atom is -0.385 e. The number of nitrogens with zero attached hydrogens (tertiary/aromatic N) is 3. The number of halogens is 1. The highest BCUT2D eigenvalue weighted by Crippen LogP contribution is 2.33. The Kier molecular flexibility index (Phi) is 8.65. The molecule has 9 heteroatoms. The smallest absolute Gasteiger partial charge is 0.277 e. The number of hydrogen-bond donors (Lipinski definition) is 1. The largest absolute Gasteiger partial charge is 0.385 e. The van der Waals surface area contributed by atoms with E-state index in [0.29, 0.717) is 18.7 Å². The van der Waals surface area contributed by atoms with Crippen LogP contribution in [0.2, 0.25) is 0 Å². The van der Waals surface area contributed by atoms with Gasteiger partial charge in [0.1, 0.15) is 22.7 Å². The SMILES string of the molecule is CC(C)CCNC(=O)C1(C)Cn2nc(C=O)cc2C(=O)N1c1cccc(F)c1.CCOC. The van der Waals surface area contributed by atoms with Crippen molar-refractivity contribution in [1.82, 2.24) is 15.1 Å². The number of rotatable bonds is 7. The highest BCUT2D eigenvalue weighted by Gasteiger charge is 2.48. The summed E-state index contributed by atoms with van der Waals surface area (Å²) in [6.07, 6.45) is 1.34. The molecule has 3 rings (SSSR count). The Morgan fingerprint density at radius 3 is 2.62 bits per heavy atom. The Morgan fingerprint density at radius 1 is 1.38 bits per heavy atom. The van der Waals surface area contributed by atoms with Crippen LogP contribution in [0, 0.1) is 11.7 Å². The van der Waals surface area contributed by atoms with Crippen LogP contribution < -0.4 is 10.2 Å². The van der Waals surface area contributed by atoms with Crippen LogP contribution in [0.15, 0.2) is 30.3 Å². The average Bonchev–Trinajstić information content (AvgIpc) is 3.17. The Morgan fingerprint density at radius 2 is 2.06 bits per heavy atom. The lowest BCUT2D eigenvalue weighted by Crippen LogP contribution is -2.64. The molecule has 0 radical (unpaired) electrons. The number of methoxy groups -OCH3 is 1. The highest BCUT2D eigenvalue weighted by molar-refractivity contribution is 6.12. The lowest BCUT2D eigenvalue weighted by atomic mass is 9.93. The fourth-order valence-electron chi connectivity index (χ4n) is 3.34. The molecule has 1 aromatic carbocycles. The second kappa shape index (κ2) is 11.0. The van der Waals surface area contributed by atoms with E-state index in [1.54, 1.807) is 20.1 Å². The van der Waals surface area contributed by atoms with Crippen molar-refractivity contribution in [2.75, 3.05) is 25.2 Å². The van der Waals surface area contributed by atoms with Gasteiger partial charge in [0.05, 0.1) is 6.54 Å². The van der Waals surface area contributed by atoms with Gasteiger partial charge in [-0.3, -0.25) is 24.0 Å². The van der Waals surface area contributed by atoms with Crippen molar-refractivity contribution in [2.45, 2.75) is 46.2 Å². The van der Waals surface area contributed by atoms with Crippen molar-refractivity contribution in [3.8, 4) is 0 Å². The minimum absolute atomic E-state index is 0.0476. The quantitative estimate of drug-likeness (QED) is 0.660. The van der Waals surface area contributed by atoms with Gasteiger partial charge in [0.15, 0.2) is 6.29 Å². The summed E-state index contributed by atoms with van der Waals surface area (Å²) in [5.41, 5.74) is -0.779. The molecular weight excluding hydrogens is 415 g/mol. The van der Waals surface area contributed by atoms with Gasteiger partial charge in [0.25, 0.3) is 5.91 Å². The summed E-state index contributed by atoms with van der Waals surface area (Å²) >= 11 is 0. The van der Waals surface area contributed by atoms with Crippen LogP contribution in [0.4, 0.5) is 10.1 Å². The first-order valence-corrected chi connectivity index (χ1v) is 10.6. The Balaban J connectivity index is 0.000000837. The maximum Gasteiger partial charge on any atom is 0.277 e. The van der Waals surface area contributed by atoms with Crippen LogP contribution in [0.3, 0.4) is 0 Å². The van der Waals surface area contributed by atoms with E-state index in [2.05, 4.69) is 15.2 Å². The molecule has 1 N–H and O–H groups in total. The number of aldehydes is 1. The monoisotopic (exact) mass is 446 g/mol. The predicted molar refractivity (Wildman–Crippen MR) is 119 cm³/mol. The highest BCUT2D eigenvalue weighted by atomic mass is 19.1. The van der Waals surface area contributed by atoms with E-state index in [-0.39, 0.29) is 29.5 Å². The van der Waals surface area contributed by atoms with Gasteiger partial charge in [-0.1, -0.05) is 19.9 Å². The zero-order chi connectivity index (χ0) is 23.9. The number of anilines is 1. The lowest BCUT2D eigenvalue weighted by Gasteiger charge is -2.43. The standard InChI is InChI=1S/C20H23FN4O3.C3H8O/c1-13(2)7-8-22-19(28)20(3)12-24-17(10-15(11-26)23-24)18(27)25(20)16-6-4-5-14(21)9-16;1-3-4-2/h4-6,9-11,13H,7-8,12H2,1-3H3,(H,22,28);3H2,1-2H3. The minimum atomic E-state index is -1.33. The number of carbonyl (C=O) groups is 3. The molecule has 0 saturated heterocycles. The van der Waals surface area contributed by atoms with Crippen molar-refractivity contribution in [3.05, 3.63) is 47.5 Å². The number of carbonyl (C=O) groups excluding carboxylic acids is 3. The van der Waals surface area contributed by atoms with Gasteiger partial charge in [0.2, 0.25) is 5.91 Å². The summed E-state index contributed by atoms with van der Waals surface area (Å²) in [6.45, 7) is 9.00. The molecule has 1 aliphatic rings. The first-order chi connectivity index (χ1) is 15.2. The average molecular weight is 447 g/mol. The number of ether oxygens (including phenoxy) is 1. The van der Waals surface area contributed by atoms with E-state index in [9.17, 15) is 18.8 Å². The molecule has 0 saturated carbocycles. The van der Waals surface area contributed by atoms with Gasteiger partial charge in [-0.05, 0) is 50.5 Å². The van der Waals surface area contributed by atoms with Crippen LogP contribution in [-0.4, -0.2) is 53.7 Å². The number of benzene rings is 1. The van der Waals surface area contributed by atoms with E-state index in [1.165, 1.54) is 33.8 Å². The molecule has 1 atom stereocenters. The number of hydrogen-bond acceptors (Lipinski definition) is 5. The van der Waals surface area contributed by atoms with Crippen LogP contribution >= 0.6 is 0 Å². The molecule has 174 valence electrons. The zero-order valence-electron chi connectivity index (χ0n) is 19.2. The zero-order valence-corrected chi connectivity index (χ0v) is 19.2. The van der Waals surface area contributed by atoms with E-state index in [4.69, 9.17) is 0 Å². The first-order valence-electron chi connectivity index (χ1n) is 10.6. The normalized spacial score (nSPS) is 17.5. The summed E-state index contributed by atoms with van der Waals surface area (Å²) in [7, 11) is 1.68. The number of amides is 2. The molecule has 1 unspecified atom stereocenters. The molecule has 2 heterocycles. The summed E-state index contributed by atoms with van der Waals surface area (Å²) in [5, 5.41) is 6.97. The maximum absolute atomic E-state index is 13.8. The van der Waals surface area contributed by atoms with Gasteiger partial charge < -0.3 is 10.1 Å². The third kappa shape index (κ3) is 5.59. The molecule has 1 aromatic heterocycles. The Hall–Kier alpha value is -3.07. The second-order valence-electron chi connectivity index (χ2n) is 8.14.